The highest BCUT2D eigenvalue weighted by molar-refractivity contribution is 5.94. The zero-order valence-corrected chi connectivity index (χ0v) is 10.5. The van der Waals surface area contributed by atoms with Crippen molar-refractivity contribution in [2.45, 2.75) is 24.9 Å². The minimum absolute atomic E-state index is 0.00921. The number of nitrogens with zero attached hydrogens (tertiary/aromatic N) is 2. The molecule has 0 radical (unpaired) electrons. The predicted molar refractivity (Wildman–Crippen MR) is 71.0 cm³/mol. The number of fused-ring (bicyclic) bond motifs is 3. The lowest BCUT2D eigenvalue weighted by Crippen LogP contribution is -2.47. The average molecular weight is 256 g/mol. The molecule has 0 unspecified atom stereocenters. The monoisotopic (exact) mass is 256 g/mol. The molecule has 5 heteroatoms. The third-order valence-corrected chi connectivity index (χ3v) is 4.32. The van der Waals surface area contributed by atoms with Crippen molar-refractivity contribution < 1.29 is 4.79 Å². The summed E-state index contributed by atoms with van der Waals surface area (Å²) in [6.07, 6.45) is 7.63. The minimum atomic E-state index is 0.00921. The smallest absolute Gasteiger partial charge is 0.253 e. The molecular formula is C14H16N4O. The first kappa shape index (κ1) is 11.0. The Labute approximate surface area is 111 Å². The van der Waals surface area contributed by atoms with Crippen LogP contribution in [0.3, 0.4) is 0 Å². The quantitative estimate of drug-likeness (QED) is 0.836. The number of carbonyl (C=O) groups excluding carboxylic acids is 1. The molecule has 5 nitrogen and oxygen atoms in total. The van der Waals surface area contributed by atoms with Gasteiger partial charge >= 0.3 is 0 Å². The number of hydrogen-bond acceptors (Lipinski definition) is 3. The molecule has 1 saturated carbocycles. The van der Waals surface area contributed by atoms with Crippen LogP contribution in [0.2, 0.25) is 0 Å². The molecule has 2 N–H and O–H groups in total. The summed E-state index contributed by atoms with van der Waals surface area (Å²) in [5.74, 6) is 0.751. The molecule has 98 valence electrons. The van der Waals surface area contributed by atoms with E-state index < -0.39 is 0 Å². The van der Waals surface area contributed by atoms with Crippen LogP contribution in [-0.2, 0) is 0 Å². The number of rotatable bonds is 2. The molecule has 1 aliphatic carbocycles. The highest BCUT2D eigenvalue weighted by Crippen LogP contribution is 2.31. The van der Waals surface area contributed by atoms with E-state index in [1.807, 2.05) is 22.7 Å². The van der Waals surface area contributed by atoms with Crippen LogP contribution in [-0.4, -0.2) is 33.9 Å². The number of piperidine rings is 1. The molecule has 19 heavy (non-hydrogen) atoms. The molecule has 1 aliphatic heterocycles. The Morgan fingerprint density at radius 1 is 1.42 bits per heavy atom. The first-order valence-corrected chi connectivity index (χ1v) is 6.75. The largest absolute Gasteiger partial charge is 0.348 e. The highest BCUT2D eigenvalue weighted by atomic mass is 16.1. The number of amides is 1. The molecule has 3 atom stereocenters. The summed E-state index contributed by atoms with van der Waals surface area (Å²) in [5, 5.41) is 6.61. The molecule has 1 amide bonds. The Bertz CT molecular complexity index is 635. The number of hydrogen-bond donors (Lipinski definition) is 2. The number of imidazole rings is 1. The highest BCUT2D eigenvalue weighted by Gasteiger charge is 2.40. The van der Waals surface area contributed by atoms with Gasteiger partial charge in [0, 0.05) is 18.3 Å². The maximum atomic E-state index is 12.3. The van der Waals surface area contributed by atoms with Gasteiger partial charge in [-0.3, -0.25) is 4.79 Å². The van der Waals surface area contributed by atoms with Crippen molar-refractivity contribution in [3.63, 3.8) is 0 Å². The van der Waals surface area contributed by atoms with Crippen LogP contribution >= 0.6 is 0 Å². The van der Waals surface area contributed by atoms with Gasteiger partial charge in [0.05, 0.1) is 23.6 Å². The van der Waals surface area contributed by atoms with Crippen LogP contribution < -0.4 is 10.6 Å². The first-order chi connectivity index (χ1) is 9.29. The van der Waals surface area contributed by atoms with E-state index in [1.54, 1.807) is 12.5 Å². The maximum absolute atomic E-state index is 12.3. The summed E-state index contributed by atoms with van der Waals surface area (Å²) in [6.45, 7) is 1.11. The second kappa shape index (κ2) is 4.06. The Kier molecular flexibility index (Phi) is 2.35. The molecule has 1 saturated heterocycles. The van der Waals surface area contributed by atoms with Crippen LogP contribution in [0.25, 0.3) is 5.52 Å². The predicted octanol–water partition coefficient (Wildman–Crippen LogP) is 0.814. The van der Waals surface area contributed by atoms with Gasteiger partial charge in [0.2, 0.25) is 0 Å². The van der Waals surface area contributed by atoms with Gasteiger partial charge in [-0.1, -0.05) is 0 Å². The Balaban J connectivity index is 1.53. The van der Waals surface area contributed by atoms with Gasteiger partial charge in [-0.05, 0) is 37.4 Å². The van der Waals surface area contributed by atoms with Gasteiger partial charge in [-0.25, -0.2) is 4.98 Å². The lowest BCUT2D eigenvalue weighted by Gasteiger charge is -2.23. The lowest BCUT2D eigenvalue weighted by molar-refractivity contribution is 0.0928. The van der Waals surface area contributed by atoms with E-state index in [0.29, 0.717) is 11.6 Å². The van der Waals surface area contributed by atoms with Crippen molar-refractivity contribution in [1.82, 2.24) is 20.0 Å². The van der Waals surface area contributed by atoms with Crippen LogP contribution in [0.5, 0.6) is 0 Å². The van der Waals surface area contributed by atoms with Crippen molar-refractivity contribution in [2.75, 3.05) is 6.54 Å². The average Bonchev–Trinajstić information content (AvgIpc) is 3.13. The molecule has 4 rings (SSSR count). The first-order valence-electron chi connectivity index (χ1n) is 6.75. The molecular weight excluding hydrogens is 240 g/mol. The fourth-order valence-electron chi connectivity index (χ4n) is 3.32. The summed E-state index contributed by atoms with van der Waals surface area (Å²) >= 11 is 0. The fourth-order valence-corrected chi connectivity index (χ4v) is 3.32. The third kappa shape index (κ3) is 1.81. The SMILES string of the molecule is O=C(N[C@H]1C[C@H]2CN[C@@H]1C2)c1ccc2cncn2c1. The fraction of sp³-hybridized carbons (Fsp3) is 0.429. The summed E-state index contributed by atoms with van der Waals surface area (Å²) in [7, 11) is 0. The van der Waals surface area contributed by atoms with E-state index in [4.69, 9.17) is 0 Å². The van der Waals surface area contributed by atoms with E-state index in [2.05, 4.69) is 15.6 Å². The zero-order chi connectivity index (χ0) is 12.8. The molecule has 0 aromatic carbocycles. The maximum Gasteiger partial charge on any atom is 0.253 e. The van der Waals surface area contributed by atoms with Crippen LogP contribution in [0.1, 0.15) is 23.2 Å². The van der Waals surface area contributed by atoms with Crippen LogP contribution in [0.4, 0.5) is 0 Å². The van der Waals surface area contributed by atoms with Crippen molar-refractivity contribution in [1.29, 1.82) is 0 Å². The number of aromatic nitrogens is 2. The molecule has 3 heterocycles. The standard InChI is InChI=1S/C14H16N4O/c19-14(17-13-4-9-3-12(13)16-5-9)10-1-2-11-6-15-8-18(11)7-10/h1-2,6-9,12-13,16H,3-5H2,(H,17,19)/t9-,12+,13-/m0/s1. The van der Waals surface area contributed by atoms with Crippen molar-refractivity contribution in [2.24, 2.45) is 5.92 Å². The molecule has 2 bridgehead atoms. The summed E-state index contributed by atoms with van der Waals surface area (Å²) in [4.78, 5) is 16.3. The van der Waals surface area contributed by atoms with Crippen molar-refractivity contribution >= 4 is 11.4 Å². The van der Waals surface area contributed by atoms with E-state index in [0.717, 1.165) is 24.4 Å². The Morgan fingerprint density at radius 3 is 3.16 bits per heavy atom. The van der Waals surface area contributed by atoms with Gasteiger partial charge in [0.25, 0.3) is 5.91 Å². The number of carbonyl (C=O) groups is 1. The number of pyridine rings is 1. The van der Waals surface area contributed by atoms with Gasteiger partial charge in [-0.2, -0.15) is 0 Å². The van der Waals surface area contributed by atoms with Gasteiger partial charge in [-0.15, -0.1) is 0 Å². The lowest BCUT2D eigenvalue weighted by atomic mass is 10.1. The topological polar surface area (TPSA) is 58.4 Å². The minimum Gasteiger partial charge on any atom is -0.348 e. The Morgan fingerprint density at radius 2 is 2.37 bits per heavy atom. The molecule has 2 aromatic rings. The summed E-state index contributed by atoms with van der Waals surface area (Å²) in [5.41, 5.74) is 1.69. The van der Waals surface area contributed by atoms with E-state index in [1.165, 1.54) is 6.42 Å². The summed E-state index contributed by atoms with van der Waals surface area (Å²) in [6, 6.07) is 4.52. The van der Waals surface area contributed by atoms with Crippen LogP contribution in [0, 0.1) is 5.92 Å². The van der Waals surface area contributed by atoms with E-state index in [9.17, 15) is 4.79 Å². The van der Waals surface area contributed by atoms with Crippen LogP contribution in [0.15, 0.2) is 30.9 Å². The molecule has 2 aromatic heterocycles. The number of nitrogens with one attached hydrogen (secondary N) is 2. The zero-order valence-electron chi connectivity index (χ0n) is 10.5. The molecule has 2 fully saturated rings. The van der Waals surface area contributed by atoms with E-state index >= 15 is 0 Å². The second-order valence-corrected chi connectivity index (χ2v) is 5.58. The van der Waals surface area contributed by atoms with Gasteiger partial charge in [0.15, 0.2) is 0 Å². The van der Waals surface area contributed by atoms with Gasteiger partial charge in [0.1, 0.15) is 0 Å². The molecule has 0 spiro atoms. The van der Waals surface area contributed by atoms with Crippen molar-refractivity contribution in [3.05, 3.63) is 36.4 Å². The van der Waals surface area contributed by atoms with E-state index in [-0.39, 0.29) is 11.9 Å². The normalized spacial score (nSPS) is 28.9. The summed E-state index contributed by atoms with van der Waals surface area (Å²) < 4.78 is 1.87. The van der Waals surface area contributed by atoms with Gasteiger partial charge < -0.3 is 15.0 Å². The Hall–Kier alpha value is -1.88. The molecule has 2 aliphatic rings. The second-order valence-electron chi connectivity index (χ2n) is 5.58. The van der Waals surface area contributed by atoms with Crippen molar-refractivity contribution in [3.8, 4) is 0 Å². The third-order valence-electron chi connectivity index (χ3n) is 4.32.